The third-order valence-electron chi connectivity index (χ3n) is 4.83. The summed E-state index contributed by atoms with van der Waals surface area (Å²) >= 11 is 6.10. The van der Waals surface area contributed by atoms with Crippen LogP contribution in [0.15, 0.2) is 18.2 Å². The molecule has 126 valence electrons. The Balaban J connectivity index is 1.62. The standard InChI is InChI=1S/C17H23ClN2O3/c1-23-16-6-5-11(18)9-14(16)20-8-7-12(10-20)19-17(22)13-3-2-4-15(13)21/h5-6,9,12-13,15,21H,2-4,7-8,10H2,1H3,(H,19,22). The Kier molecular flexibility index (Phi) is 4.97. The average Bonchev–Trinajstić information content (AvgIpc) is 3.16. The van der Waals surface area contributed by atoms with E-state index in [-0.39, 0.29) is 17.9 Å². The topological polar surface area (TPSA) is 61.8 Å². The highest BCUT2D eigenvalue weighted by Crippen LogP contribution is 2.33. The van der Waals surface area contributed by atoms with Crippen molar-refractivity contribution in [3.63, 3.8) is 0 Å². The van der Waals surface area contributed by atoms with Crippen molar-refractivity contribution in [2.24, 2.45) is 5.92 Å². The molecule has 5 nitrogen and oxygen atoms in total. The van der Waals surface area contributed by atoms with E-state index in [2.05, 4.69) is 10.2 Å². The quantitative estimate of drug-likeness (QED) is 0.883. The molecule has 0 aromatic heterocycles. The Bertz CT molecular complexity index is 581. The molecule has 0 bridgehead atoms. The lowest BCUT2D eigenvalue weighted by molar-refractivity contribution is -0.128. The number of nitrogens with zero attached hydrogens (tertiary/aromatic N) is 1. The lowest BCUT2D eigenvalue weighted by Gasteiger charge is -2.22. The Morgan fingerprint density at radius 3 is 2.91 bits per heavy atom. The van der Waals surface area contributed by atoms with Gasteiger partial charge in [-0.3, -0.25) is 4.79 Å². The van der Waals surface area contributed by atoms with Gasteiger partial charge in [0.05, 0.1) is 24.8 Å². The van der Waals surface area contributed by atoms with Crippen molar-refractivity contribution in [2.75, 3.05) is 25.1 Å². The predicted molar refractivity (Wildman–Crippen MR) is 90.1 cm³/mol. The fourth-order valence-electron chi connectivity index (χ4n) is 3.56. The van der Waals surface area contributed by atoms with E-state index < -0.39 is 6.10 Å². The first-order valence-corrected chi connectivity index (χ1v) is 8.53. The molecule has 1 amide bonds. The van der Waals surface area contributed by atoms with Gasteiger partial charge in [0.1, 0.15) is 5.75 Å². The summed E-state index contributed by atoms with van der Waals surface area (Å²) in [5.74, 6) is 0.525. The number of ether oxygens (including phenoxy) is 1. The fourth-order valence-corrected chi connectivity index (χ4v) is 3.73. The van der Waals surface area contributed by atoms with Gasteiger partial charge in [0.2, 0.25) is 5.91 Å². The van der Waals surface area contributed by atoms with Crippen molar-refractivity contribution in [3.05, 3.63) is 23.2 Å². The summed E-state index contributed by atoms with van der Waals surface area (Å²) in [5, 5.41) is 13.6. The molecule has 2 N–H and O–H groups in total. The van der Waals surface area contributed by atoms with Crippen LogP contribution in [0.1, 0.15) is 25.7 Å². The second-order valence-corrected chi connectivity index (χ2v) is 6.80. The molecule has 3 atom stereocenters. The van der Waals surface area contributed by atoms with Gasteiger partial charge >= 0.3 is 0 Å². The molecule has 1 aromatic carbocycles. The third kappa shape index (κ3) is 3.56. The van der Waals surface area contributed by atoms with E-state index in [1.165, 1.54) is 0 Å². The van der Waals surface area contributed by atoms with Crippen molar-refractivity contribution in [1.82, 2.24) is 5.32 Å². The van der Waals surface area contributed by atoms with Gasteiger partial charge in [-0.2, -0.15) is 0 Å². The lowest BCUT2D eigenvalue weighted by Crippen LogP contribution is -2.42. The first kappa shape index (κ1) is 16.4. The van der Waals surface area contributed by atoms with Crippen LogP contribution in [0, 0.1) is 5.92 Å². The zero-order valence-corrected chi connectivity index (χ0v) is 14.1. The number of benzene rings is 1. The Hall–Kier alpha value is -1.46. The van der Waals surface area contributed by atoms with Crippen LogP contribution in [0.2, 0.25) is 5.02 Å². The summed E-state index contributed by atoms with van der Waals surface area (Å²) < 4.78 is 5.40. The van der Waals surface area contributed by atoms with E-state index >= 15 is 0 Å². The highest BCUT2D eigenvalue weighted by atomic mass is 35.5. The lowest BCUT2D eigenvalue weighted by atomic mass is 10.0. The van der Waals surface area contributed by atoms with Gasteiger partial charge < -0.3 is 20.1 Å². The number of nitrogens with one attached hydrogen (secondary N) is 1. The molecule has 1 saturated carbocycles. The van der Waals surface area contributed by atoms with Gasteiger partial charge in [-0.25, -0.2) is 0 Å². The monoisotopic (exact) mass is 338 g/mol. The van der Waals surface area contributed by atoms with Crippen LogP contribution in [-0.4, -0.2) is 43.4 Å². The van der Waals surface area contributed by atoms with Crippen molar-refractivity contribution < 1.29 is 14.6 Å². The van der Waals surface area contributed by atoms with Crippen molar-refractivity contribution >= 4 is 23.2 Å². The second-order valence-electron chi connectivity index (χ2n) is 6.36. The molecule has 0 spiro atoms. The number of hydrogen-bond acceptors (Lipinski definition) is 4. The average molecular weight is 339 g/mol. The summed E-state index contributed by atoms with van der Waals surface area (Å²) in [5.41, 5.74) is 0.956. The minimum Gasteiger partial charge on any atom is -0.495 e. The van der Waals surface area contributed by atoms with E-state index in [9.17, 15) is 9.90 Å². The van der Waals surface area contributed by atoms with Crippen LogP contribution in [0.5, 0.6) is 5.75 Å². The maximum Gasteiger partial charge on any atom is 0.226 e. The zero-order valence-electron chi connectivity index (χ0n) is 13.3. The molecule has 2 fully saturated rings. The number of aliphatic hydroxyl groups excluding tert-OH is 1. The first-order valence-electron chi connectivity index (χ1n) is 8.15. The van der Waals surface area contributed by atoms with E-state index in [0.717, 1.165) is 50.2 Å². The van der Waals surface area contributed by atoms with E-state index in [1.54, 1.807) is 13.2 Å². The van der Waals surface area contributed by atoms with Crippen LogP contribution in [0.3, 0.4) is 0 Å². The van der Waals surface area contributed by atoms with Gasteiger partial charge in [0.25, 0.3) is 0 Å². The summed E-state index contributed by atoms with van der Waals surface area (Å²) in [6.45, 7) is 1.57. The number of rotatable bonds is 4. The summed E-state index contributed by atoms with van der Waals surface area (Å²) in [6.07, 6.45) is 2.83. The predicted octanol–water partition coefficient (Wildman–Crippen LogP) is 2.20. The second kappa shape index (κ2) is 6.97. The van der Waals surface area contributed by atoms with E-state index in [4.69, 9.17) is 16.3 Å². The Morgan fingerprint density at radius 2 is 2.22 bits per heavy atom. The highest BCUT2D eigenvalue weighted by molar-refractivity contribution is 6.30. The number of halogens is 1. The normalized spacial score (nSPS) is 27.3. The van der Waals surface area contributed by atoms with E-state index in [0.29, 0.717) is 5.02 Å². The zero-order chi connectivity index (χ0) is 16.4. The number of hydrogen-bond donors (Lipinski definition) is 2. The molecular formula is C17H23ClN2O3. The van der Waals surface area contributed by atoms with Crippen LogP contribution >= 0.6 is 11.6 Å². The van der Waals surface area contributed by atoms with Gasteiger partial charge in [-0.05, 0) is 43.9 Å². The molecule has 3 rings (SSSR count). The summed E-state index contributed by atoms with van der Waals surface area (Å²) in [6, 6.07) is 5.66. The van der Waals surface area contributed by atoms with E-state index in [1.807, 2.05) is 12.1 Å². The summed E-state index contributed by atoms with van der Waals surface area (Å²) in [7, 11) is 1.64. The Morgan fingerprint density at radius 1 is 1.39 bits per heavy atom. The minimum absolute atomic E-state index is 0.0140. The third-order valence-corrected chi connectivity index (χ3v) is 5.07. The smallest absolute Gasteiger partial charge is 0.226 e. The highest BCUT2D eigenvalue weighted by Gasteiger charge is 2.34. The number of amides is 1. The van der Waals surface area contributed by atoms with Crippen LogP contribution in [-0.2, 0) is 4.79 Å². The van der Waals surface area contributed by atoms with Crippen LogP contribution < -0.4 is 15.0 Å². The Labute approximate surface area is 141 Å². The molecule has 1 aliphatic carbocycles. The summed E-state index contributed by atoms with van der Waals surface area (Å²) in [4.78, 5) is 14.5. The molecule has 6 heteroatoms. The molecule has 1 heterocycles. The molecule has 23 heavy (non-hydrogen) atoms. The van der Waals surface area contributed by atoms with Crippen molar-refractivity contribution in [2.45, 2.75) is 37.8 Å². The minimum atomic E-state index is -0.486. The first-order chi connectivity index (χ1) is 11.1. The molecule has 1 saturated heterocycles. The van der Waals surface area contributed by atoms with Gasteiger partial charge in [-0.15, -0.1) is 0 Å². The van der Waals surface area contributed by atoms with Crippen LogP contribution in [0.25, 0.3) is 0 Å². The molecule has 3 unspecified atom stereocenters. The van der Waals surface area contributed by atoms with Gasteiger partial charge in [-0.1, -0.05) is 11.6 Å². The molecular weight excluding hydrogens is 316 g/mol. The van der Waals surface area contributed by atoms with Crippen molar-refractivity contribution in [1.29, 1.82) is 0 Å². The number of carbonyl (C=O) groups excluding carboxylic acids is 1. The largest absolute Gasteiger partial charge is 0.495 e. The fraction of sp³-hybridized carbons (Fsp3) is 0.588. The molecule has 0 radical (unpaired) electrons. The number of carbonyl (C=O) groups is 1. The number of anilines is 1. The van der Waals surface area contributed by atoms with Gasteiger partial charge in [0, 0.05) is 24.2 Å². The SMILES string of the molecule is COc1ccc(Cl)cc1N1CCC(NC(=O)C2CCCC2O)C1. The van der Waals surface area contributed by atoms with Crippen LogP contribution in [0.4, 0.5) is 5.69 Å². The maximum absolute atomic E-state index is 12.3. The number of methoxy groups -OCH3 is 1. The number of aliphatic hydroxyl groups is 1. The van der Waals surface area contributed by atoms with Gasteiger partial charge in [0.15, 0.2) is 0 Å². The molecule has 1 aliphatic heterocycles. The molecule has 1 aromatic rings. The van der Waals surface area contributed by atoms with Crippen molar-refractivity contribution in [3.8, 4) is 5.75 Å². The maximum atomic E-state index is 12.3. The molecule has 2 aliphatic rings.